The van der Waals surface area contributed by atoms with E-state index >= 15 is 0 Å². The van der Waals surface area contributed by atoms with Crippen molar-refractivity contribution >= 4 is 21.7 Å². The number of halogens is 1. The van der Waals surface area contributed by atoms with Gasteiger partial charge in [0.1, 0.15) is 5.82 Å². The third-order valence-corrected chi connectivity index (χ3v) is 5.05. The maximum absolute atomic E-state index is 4.53. The smallest absolute Gasteiger partial charge is 0.128 e. The summed E-state index contributed by atoms with van der Waals surface area (Å²) in [6.07, 6.45) is 3.22. The normalized spacial score (nSPS) is 24.9. The highest BCUT2D eigenvalue weighted by Gasteiger charge is 2.26. The second-order valence-electron chi connectivity index (χ2n) is 5.46. The van der Waals surface area contributed by atoms with E-state index in [0.717, 1.165) is 49.1 Å². The third kappa shape index (κ3) is 2.93. The lowest BCUT2D eigenvalue weighted by molar-refractivity contribution is 0.196. The Morgan fingerprint density at radius 1 is 1.32 bits per heavy atom. The first-order valence-electron chi connectivity index (χ1n) is 7.06. The maximum Gasteiger partial charge on any atom is 0.128 e. The van der Waals surface area contributed by atoms with E-state index in [1.54, 1.807) is 0 Å². The zero-order chi connectivity index (χ0) is 13.2. The van der Waals surface area contributed by atoms with Crippen LogP contribution < -0.4 is 10.2 Å². The molecule has 0 radical (unpaired) electrons. The highest BCUT2D eigenvalue weighted by Crippen LogP contribution is 2.21. The first-order valence-corrected chi connectivity index (χ1v) is 7.85. The van der Waals surface area contributed by atoms with Crippen LogP contribution >= 0.6 is 15.9 Å². The van der Waals surface area contributed by atoms with Crippen LogP contribution in [0.2, 0.25) is 0 Å². The molecule has 5 heteroatoms. The fourth-order valence-electron chi connectivity index (χ4n) is 2.96. The van der Waals surface area contributed by atoms with Crippen molar-refractivity contribution < 1.29 is 0 Å². The summed E-state index contributed by atoms with van der Waals surface area (Å²) in [7, 11) is 0. The number of nitrogens with one attached hydrogen (secondary N) is 1. The molecule has 0 bridgehead atoms. The monoisotopic (exact) mass is 324 g/mol. The van der Waals surface area contributed by atoms with Crippen molar-refractivity contribution in [2.75, 3.05) is 44.2 Å². The Morgan fingerprint density at radius 3 is 2.74 bits per heavy atom. The van der Waals surface area contributed by atoms with Crippen molar-refractivity contribution in [2.24, 2.45) is 0 Å². The van der Waals surface area contributed by atoms with Crippen LogP contribution in [0.25, 0.3) is 0 Å². The average Bonchev–Trinajstić information content (AvgIpc) is 2.96. The predicted octanol–water partition coefficient (Wildman–Crippen LogP) is 1.64. The van der Waals surface area contributed by atoms with Gasteiger partial charge in [0.15, 0.2) is 0 Å². The number of piperazine rings is 1. The van der Waals surface area contributed by atoms with Gasteiger partial charge in [-0.2, -0.15) is 0 Å². The van der Waals surface area contributed by atoms with E-state index in [4.69, 9.17) is 0 Å². The molecule has 0 aliphatic carbocycles. The highest BCUT2D eigenvalue weighted by atomic mass is 79.9. The molecule has 2 saturated heterocycles. The van der Waals surface area contributed by atoms with Crippen LogP contribution in [0.1, 0.15) is 12.0 Å². The molecule has 0 saturated carbocycles. The zero-order valence-electron chi connectivity index (χ0n) is 11.4. The van der Waals surface area contributed by atoms with Crippen LogP contribution in [0.15, 0.2) is 16.7 Å². The lowest BCUT2D eigenvalue weighted by atomic mass is 10.2. The van der Waals surface area contributed by atoms with E-state index in [1.807, 2.05) is 6.20 Å². The molecule has 4 nitrogen and oxygen atoms in total. The number of hydrogen-bond donors (Lipinski definition) is 1. The van der Waals surface area contributed by atoms with Gasteiger partial charge >= 0.3 is 0 Å². The number of pyridine rings is 1. The molecule has 1 aromatic rings. The summed E-state index contributed by atoms with van der Waals surface area (Å²) in [4.78, 5) is 9.56. The van der Waals surface area contributed by atoms with Crippen LogP contribution in [-0.4, -0.2) is 55.2 Å². The standard InChI is InChI=1S/C14H21BrN4/c1-11-8-14(17-10-13(11)15)19-6-4-18(5-7-19)12-2-3-16-9-12/h8,10,12,16H,2-7,9H2,1H3. The van der Waals surface area contributed by atoms with Crippen LogP contribution in [0.5, 0.6) is 0 Å². The van der Waals surface area contributed by atoms with Crippen molar-refractivity contribution in [1.29, 1.82) is 0 Å². The van der Waals surface area contributed by atoms with Gasteiger partial charge in [0.2, 0.25) is 0 Å². The molecule has 19 heavy (non-hydrogen) atoms. The Bertz CT molecular complexity index is 437. The Hall–Kier alpha value is -0.650. The summed E-state index contributed by atoms with van der Waals surface area (Å²) >= 11 is 3.51. The molecule has 1 unspecified atom stereocenters. The van der Waals surface area contributed by atoms with Gasteiger partial charge in [0.05, 0.1) is 0 Å². The zero-order valence-corrected chi connectivity index (χ0v) is 13.0. The van der Waals surface area contributed by atoms with E-state index in [-0.39, 0.29) is 0 Å². The average molecular weight is 325 g/mol. The SMILES string of the molecule is Cc1cc(N2CCN(C3CCNC3)CC2)ncc1Br. The number of hydrogen-bond acceptors (Lipinski definition) is 4. The van der Waals surface area contributed by atoms with Gasteiger partial charge in [-0.15, -0.1) is 0 Å². The largest absolute Gasteiger partial charge is 0.354 e. The molecule has 1 atom stereocenters. The molecular formula is C14H21BrN4. The Labute approximate surface area is 123 Å². The molecule has 3 rings (SSSR count). The molecule has 1 N–H and O–H groups in total. The first-order chi connectivity index (χ1) is 9.24. The summed E-state index contributed by atoms with van der Waals surface area (Å²) in [6.45, 7) is 8.95. The number of aromatic nitrogens is 1. The topological polar surface area (TPSA) is 31.4 Å². The molecule has 0 spiro atoms. The lowest BCUT2D eigenvalue weighted by Crippen LogP contribution is -2.51. The maximum atomic E-state index is 4.53. The quantitative estimate of drug-likeness (QED) is 0.896. The van der Waals surface area contributed by atoms with Crippen LogP contribution in [0.3, 0.4) is 0 Å². The first kappa shape index (κ1) is 13.3. The minimum absolute atomic E-state index is 0.752. The van der Waals surface area contributed by atoms with E-state index in [9.17, 15) is 0 Å². The minimum atomic E-state index is 0.752. The molecule has 3 heterocycles. The van der Waals surface area contributed by atoms with Crippen LogP contribution in [-0.2, 0) is 0 Å². The molecule has 1 aromatic heterocycles. The van der Waals surface area contributed by atoms with Crippen molar-refractivity contribution in [3.63, 3.8) is 0 Å². The molecular weight excluding hydrogens is 304 g/mol. The molecule has 0 aromatic carbocycles. The van der Waals surface area contributed by atoms with E-state index in [0.29, 0.717) is 0 Å². The Kier molecular flexibility index (Phi) is 4.05. The van der Waals surface area contributed by atoms with Gasteiger partial charge in [-0.1, -0.05) is 0 Å². The van der Waals surface area contributed by atoms with E-state index in [2.05, 4.69) is 49.0 Å². The second-order valence-corrected chi connectivity index (χ2v) is 6.32. The van der Waals surface area contributed by atoms with E-state index < -0.39 is 0 Å². The number of anilines is 1. The van der Waals surface area contributed by atoms with Crippen LogP contribution in [0, 0.1) is 6.92 Å². The highest BCUT2D eigenvalue weighted by molar-refractivity contribution is 9.10. The molecule has 2 fully saturated rings. The van der Waals surface area contributed by atoms with Crippen molar-refractivity contribution in [1.82, 2.24) is 15.2 Å². The second kappa shape index (κ2) is 5.77. The minimum Gasteiger partial charge on any atom is -0.354 e. The molecule has 104 valence electrons. The van der Waals surface area contributed by atoms with Crippen molar-refractivity contribution in [3.05, 3.63) is 22.3 Å². The molecule has 2 aliphatic heterocycles. The van der Waals surface area contributed by atoms with Gasteiger partial charge in [-0.05, 0) is 47.4 Å². The summed E-state index contributed by atoms with van der Waals surface area (Å²) in [5.74, 6) is 1.12. The van der Waals surface area contributed by atoms with Gasteiger partial charge in [-0.3, -0.25) is 4.90 Å². The van der Waals surface area contributed by atoms with Crippen LogP contribution in [0.4, 0.5) is 5.82 Å². The fraction of sp³-hybridized carbons (Fsp3) is 0.643. The van der Waals surface area contributed by atoms with Gasteiger partial charge in [-0.25, -0.2) is 4.98 Å². The number of rotatable bonds is 2. The molecule has 2 aliphatic rings. The van der Waals surface area contributed by atoms with Crippen molar-refractivity contribution in [2.45, 2.75) is 19.4 Å². The predicted molar refractivity (Wildman–Crippen MR) is 81.7 cm³/mol. The summed E-state index contributed by atoms with van der Waals surface area (Å²) in [5, 5.41) is 3.45. The van der Waals surface area contributed by atoms with Crippen molar-refractivity contribution in [3.8, 4) is 0 Å². The Balaban J connectivity index is 1.61. The summed E-state index contributed by atoms with van der Waals surface area (Å²) < 4.78 is 1.09. The number of nitrogens with zero attached hydrogens (tertiary/aromatic N) is 3. The van der Waals surface area contributed by atoms with E-state index in [1.165, 1.54) is 18.5 Å². The summed E-state index contributed by atoms with van der Waals surface area (Å²) in [5.41, 5.74) is 1.26. The fourth-order valence-corrected chi connectivity index (χ4v) is 3.18. The van der Waals surface area contributed by atoms with Gasteiger partial charge in [0, 0.05) is 49.4 Å². The third-order valence-electron chi connectivity index (χ3n) is 4.22. The Morgan fingerprint density at radius 2 is 2.11 bits per heavy atom. The van der Waals surface area contributed by atoms with Gasteiger partial charge in [0.25, 0.3) is 0 Å². The molecule has 0 amide bonds. The van der Waals surface area contributed by atoms with Gasteiger partial charge < -0.3 is 10.2 Å². The lowest BCUT2D eigenvalue weighted by Gasteiger charge is -2.38. The summed E-state index contributed by atoms with van der Waals surface area (Å²) in [6, 6.07) is 2.93. The number of aryl methyl sites for hydroxylation is 1.